The Hall–Kier alpha value is -4.31. The minimum Gasteiger partial charge on any atom is -0.350 e. The summed E-state index contributed by atoms with van der Waals surface area (Å²) in [5.74, 6) is 1.46. The zero-order valence-electron chi connectivity index (χ0n) is 19.6. The fourth-order valence-electron chi connectivity index (χ4n) is 4.31. The Morgan fingerprint density at radius 1 is 0.973 bits per heavy atom. The van der Waals surface area contributed by atoms with E-state index in [0.29, 0.717) is 34.0 Å². The summed E-state index contributed by atoms with van der Waals surface area (Å²) in [5.41, 5.74) is 11.1. The Morgan fingerprint density at radius 3 is 2.62 bits per heavy atom. The Bertz CT molecular complexity index is 1580. The van der Waals surface area contributed by atoms with Gasteiger partial charge in [-0.3, -0.25) is 20.6 Å². The molecule has 6 rings (SSSR count). The summed E-state index contributed by atoms with van der Waals surface area (Å²) in [4.78, 5) is 29.0. The van der Waals surface area contributed by atoms with Crippen molar-refractivity contribution in [3.63, 3.8) is 0 Å². The molecule has 0 unspecified atom stereocenters. The Labute approximate surface area is 217 Å². The van der Waals surface area contributed by atoms with Gasteiger partial charge < -0.3 is 15.6 Å². The lowest BCUT2D eigenvalue weighted by atomic mass is 10.0. The lowest BCUT2D eigenvalue weighted by molar-refractivity contribution is 0.102. The number of hydrazine groups is 1. The standard InChI is InChI=1S/C27H23ClN8O/c28-21-15-29-9-7-22(21)35-27(37)24-11-17-1-2-18(12-23(17)34-24)26-30-10-8-25(36-26)33-20-5-3-16(4-6-20)19-13-31-32-14-19/h1-12,15,19,31-32,34H,13-14H2,(H,29,35,37)(H,30,33,36). The zero-order valence-corrected chi connectivity index (χ0v) is 20.4. The van der Waals surface area contributed by atoms with Gasteiger partial charge in [-0.25, -0.2) is 9.97 Å². The number of fused-ring (bicyclic) bond motifs is 1. The largest absolute Gasteiger partial charge is 0.350 e. The molecule has 0 spiro atoms. The van der Waals surface area contributed by atoms with E-state index in [4.69, 9.17) is 16.6 Å². The summed E-state index contributed by atoms with van der Waals surface area (Å²) >= 11 is 6.11. The quantitative estimate of drug-likeness (QED) is 0.221. The second kappa shape index (κ2) is 9.98. The Balaban J connectivity index is 1.19. The van der Waals surface area contributed by atoms with Crippen molar-refractivity contribution in [3.8, 4) is 11.4 Å². The lowest BCUT2D eigenvalue weighted by Gasteiger charge is -2.11. The lowest BCUT2D eigenvalue weighted by Crippen LogP contribution is -2.21. The third-order valence-electron chi connectivity index (χ3n) is 6.28. The fraction of sp³-hybridized carbons (Fsp3) is 0.111. The maximum Gasteiger partial charge on any atom is 0.272 e. The van der Waals surface area contributed by atoms with E-state index in [9.17, 15) is 4.79 Å². The topological polar surface area (TPSA) is 120 Å². The van der Waals surface area contributed by atoms with Gasteiger partial charge in [0.2, 0.25) is 0 Å². The second-order valence-electron chi connectivity index (χ2n) is 8.77. The zero-order chi connectivity index (χ0) is 25.2. The van der Waals surface area contributed by atoms with Gasteiger partial charge in [0, 0.05) is 59.8 Å². The molecule has 10 heteroatoms. The highest BCUT2D eigenvalue weighted by molar-refractivity contribution is 6.33. The number of hydrogen-bond acceptors (Lipinski definition) is 7. The van der Waals surface area contributed by atoms with Crippen LogP contribution in [0.1, 0.15) is 22.0 Å². The SMILES string of the molecule is O=C(Nc1ccncc1Cl)c1cc2ccc(-c3nccc(Nc4ccc(C5CNNC5)cc4)n3)cc2[nH]1. The van der Waals surface area contributed by atoms with Crippen molar-refractivity contribution in [2.75, 3.05) is 23.7 Å². The maximum absolute atomic E-state index is 12.7. The normalized spacial score (nSPS) is 13.6. The number of benzene rings is 2. The number of nitrogens with zero attached hydrogens (tertiary/aromatic N) is 3. The van der Waals surface area contributed by atoms with Crippen LogP contribution in [0.25, 0.3) is 22.3 Å². The monoisotopic (exact) mass is 510 g/mol. The van der Waals surface area contributed by atoms with Gasteiger partial charge in [-0.1, -0.05) is 35.9 Å². The number of aromatic amines is 1. The van der Waals surface area contributed by atoms with Crippen LogP contribution in [-0.4, -0.2) is 38.9 Å². The summed E-state index contributed by atoms with van der Waals surface area (Å²) in [5, 5.41) is 7.43. The van der Waals surface area contributed by atoms with Crippen molar-refractivity contribution in [1.29, 1.82) is 0 Å². The van der Waals surface area contributed by atoms with E-state index in [1.54, 1.807) is 24.5 Å². The van der Waals surface area contributed by atoms with Crippen molar-refractivity contribution in [3.05, 3.63) is 95.5 Å². The number of halogens is 1. The average Bonchev–Trinajstić information content (AvgIpc) is 3.61. The number of aromatic nitrogens is 4. The van der Waals surface area contributed by atoms with Crippen molar-refractivity contribution < 1.29 is 4.79 Å². The smallest absolute Gasteiger partial charge is 0.272 e. The van der Waals surface area contributed by atoms with Crippen LogP contribution in [0.15, 0.2) is 79.3 Å². The molecule has 0 saturated carbocycles. The first-order valence-electron chi connectivity index (χ1n) is 11.8. The predicted molar refractivity (Wildman–Crippen MR) is 145 cm³/mol. The molecule has 37 heavy (non-hydrogen) atoms. The molecular formula is C27H23ClN8O. The van der Waals surface area contributed by atoms with E-state index in [-0.39, 0.29) is 5.91 Å². The summed E-state index contributed by atoms with van der Waals surface area (Å²) in [6, 6.07) is 19.5. The van der Waals surface area contributed by atoms with Gasteiger partial charge in [0.05, 0.1) is 10.7 Å². The van der Waals surface area contributed by atoms with Crippen LogP contribution in [0.5, 0.6) is 0 Å². The first-order valence-corrected chi connectivity index (χ1v) is 12.2. The Kier molecular flexibility index (Phi) is 6.23. The minimum atomic E-state index is -0.292. The average molecular weight is 511 g/mol. The molecule has 4 heterocycles. The van der Waals surface area contributed by atoms with Gasteiger partial charge in [-0.2, -0.15) is 0 Å². The number of H-pyrrole nitrogens is 1. The Morgan fingerprint density at radius 2 is 1.81 bits per heavy atom. The molecule has 5 N–H and O–H groups in total. The molecule has 0 atom stereocenters. The number of amides is 1. The summed E-state index contributed by atoms with van der Waals surface area (Å²) in [6.45, 7) is 1.86. The molecule has 3 aromatic heterocycles. The number of nitrogens with one attached hydrogen (secondary N) is 5. The van der Waals surface area contributed by atoms with Crippen molar-refractivity contribution in [2.45, 2.75) is 5.92 Å². The number of hydrogen-bond donors (Lipinski definition) is 5. The summed E-state index contributed by atoms with van der Waals surface area (Å²) in [7, 11) is 0. The minimum absolute atomic E-state index is 0.292. The van der Waals surface area contributed by atoms with Gasteiger partial charge in [0.15, 0.2) is 5.82 Å². The molecule has 1 saturated heterocycles. The van der Waals surface area contributed by atoms with Crippen molar-refractivity contribution in [1.82, 2.24) is 30.8 Å². The van der Waals surface area contributed by atoms with Gasteiger partial charge in [0.25, 0.3) is 5.91 Å². The number of anilines is 3. The fourth-order valence-corrected chi connectivity index (χ4v) is 4.47. The van der Waals surface area contributed by atoms with Gasteiger partial charge in [0.1, 0.15) is 11.5 Å². The molecule has 0 aliphatic carbocycles. The molecule has 0 radical (unpaired) electrons. The van der Waals surface area contributed by atoms with Crippen LogP contribution in [0.3, 0.4) is 0 Å². The van der Waals surface area contributed by atoms with Crippen LogP contribution < -0.4 is 21.5 Å². The third-order valence-corrected chi connectivity index (χ3v) is 6.58. The second-order valence-corrected chi connectivity index (χ2v) is 9.17. The first-order chi connectivity index (χ1) is 18.1. The number of carbonyl (C=O) groups is 1. The van der Waals surface area contributed by atoms with Crippen LogP contribution in [0, 0.1) is 0 Å². The molecule has 0 bridgehead atoms. The van der Waals surface area contributed by atoms with Gasteiger partial charge in [-0.15, -0.1) is 0 Å². The molecule has 9 nitrogen and oxygen atoms in total. The van der Waals surface area contributed by atoms with E-state index < -0.39 is 0 Å². The highest BCUT2D eigenvalue weighted by atomic mass is 35.5. The van der Waals surface area contributed by atoms with E-state index in [1.807, 2.05) is 24.3 Å². The summed E-state index contributed by atoms with van der Waals surface area (Å²) < 4.78 is 0. The highest BCUT2D eigenvalue weighted by Gasteiger charge is 2.16. The van der Waals surface area contributed by atoms with Crippen LogP contribution in [0.2, 0.25) is 5.02 Å². The van der Waals surface area contributed by atoms with Crippen molar-refractivity contribution in [2.24, 2.45) is 0 Å². The molecule has 1 aliphatic heterocycles. The van der Waals surface area contributed by atoms with E-state index in [2.05, 4.69) is 60.7 Å². The van der Waals surface area contributed by atoms with E-state index in [0.717, 1.165) is 35.2 Å². The molecular weight excluding hydrogens is 488 g/mol. The molecule has 5 aromatic rings. The van der Waals surface area contributed by atoms with Gasteiger partial charge in [-0.05, 0) is 42.0 Å². The number of pyridine rings is 1. The molecule has 1 fully saturated rings. The number of rotatable bonds is 6. The maximum atomic E-state index is 12.7. The van der Waals surface area contributed by atoms with Crippen molar-refractivity contribution >= 4 is 45.6 Å². The predicted octanol–water partition coefficient (Wildman–Crippen LogP) is 4.86. The van der Waals surface area contributed by atoms with Crippen LogP contribution >= 0.6 is 11.6 Å². The first kappa shape index (κ1) is 23.1. The molecule has 1 amide bonds. The number of carbonyl (C=O) groups excluding carboxylic acids is 1. The molecule has 184 valence electrons. The van der Waals surface area contributed by atoms with E-state index in [1.165, 1.54) is 11.8 Å². The van der Waals surface area contributed by atoms with Crippen LogP contribution in [-0.2, 0) is 0 Å². The van der Waals surface area contributed by atoms with Gasteiger partial charge >= 0.3 is 0 Å². The molecule has 2 aromatic carbocycles. The highest BCUT2D eigenvalue weighted by Crippen LogP contribution is 2.26. The molecule has 1 aliphatic rings. The van der Waals surface area contributed by atoms with E-state index >= 15 is 0 Å². The summed E-state index contributed by atoms with van der Waals surface area (Å²) in [6.07, 6.45) is 4.78. The van der Waals surface area contributed by atoms with Crippen LogP contribution in [0.4, 0.5) is 17.2 Å². The third kappa shape index (κ3) is 5.01.